The molecule has 0 aromatic heterocycles. The van der Waals surface area contributed by atoms with Gasteiger partial charge in [-0.25, -0.2) is 0 Å². The van der Waals surface area contributed by atoms with Gasteiger partial charge in [-0.05, 0) is 36.3 Å². The van der Waals surface area contributed by atoms with E-state index in [4.69, 9.17) is 10.5 Å². The molecule has 1 heterocycles. The highest BCUT2D eigenvalue weighted by molar-refractivity contribution is 5.85. The number of halogens is 1. The van der Waals surface area contributed by atoms with Gasteiger partial charge in [-0.15, -0.1) is 12.4 Å². The molecule has 0 aliphatic carbocycles. The fourth-order valence-electron chi connectivity index (χ4n) is 2.72. The van der Waals surface area contributed by atoms with Crippen LogP contribution in [0.15, 0.2) is 24.3 Å². The summed E-state index contributed by atoms with van der Waals surface area (Å²) in [6, 6.07) is 8.15. The smallest absolute Gasteiger partial charge is 0.222 e. The zero-order valence-corrected chi connectivity index (χ0v) is 14.9. The van der Waals surface area contributed by atoms with E-state index in [0.29, 0.717) is 18.9 Å². The van der Waals surface area contributed by atoms with E-state index in [9.17, 15) is 4.79 Å². The molecule has 1 aromatic rings. The molecule has 1 aromatic carbocycles. The number of amides is 1. The number of hydrogen-bond donors (Lipinski definition) is 2. The lowest BCUT2D eigenvalue weighted by Gasteiger charge is -2.22. The van der Waals surface area contributed by atoms with Crippen molar-refractivity contribution < 1.29 is 9.53 Å². The van der Waals surface area contributed by atoms with Gasteiger partial charge in [0.1, 0.15) is 0 Å². The number of nitrogens with one attached hydrogen (secondary N) is 1. The largest absolute Gasteiger partial charge is 0.378 e. The molecule has 1 aliphatic heterocycles. The summed E-state index contributed by atoms with van der Waals surface area (Å²) >= 11 is 0. The Hall–Kier alpha value is -1.10. The minimum absolute atomic E-state index is 0. The third-order valence-electron chi connectivity index (χ3n) is 4.24. The predicted molar refractivity (Wildman–Crippen MR) is 95.9 cm³/mol. The summed E-state index contributed by atoms with van der Waals surface area (Å²) in [6.45, 7) is 5.58. The van der Waals surface area contributed by atoms with Gasteiger partial charge < -0.3 is 15.8 Å². The summed E-state index contributed by atoms with van der Waals surface area (Å²) < 4.78 is 5.58. The third-order valence-corrected chi connectivity index (χ3v) is 4.24. The van der Waals surface area contributed by atoms with Gasteiger partial charge in [0.25, 0.3) is 0 Å². The van der Waals surface area contributed by atoms with Crippen LogP contribution in [0.2, 0.25) is 0 Å². The van der Waals surface area contributed by atoms with E-state index in [0.717, 1.165) is 31.4 Å². The molecule has 23 heavy (non-hydrogen) atoms. The van der Waals surface area contributed by atoms with Crippen LogP contribution in [-0.2, 0) is 9.53 Å². The molecule has 0 spiro atoms. The first-order chi connectivity index (χ1) is 10.6. The summed E-state index contributed by atoms with van der Waals surface area (Å²) in [6.07, 6.45) is 3.76. The Morgan fingerprint density at radius 2 is 1.91 bits per heavy atom. The first kappa shape index (κ1) is 19.9. The highest BCUT2D eigenvalue weighted by Gasteiger charge is 2.18. The highest BCUT2D eigenvalue weighted by atomic mass is 35.5. The number of carbonyl (C=O) groups is 1. The zero-order valence-electron chi connectivity index (χ0n) is 14.1. The molecular weight excluding hydrogens is 312 g/mol. The summed E-state index contributed by atoms with van der Waals surface area (Å²) in [5.41, 5.74) is 8.51. The van der Waals surface area contributed by atoms with E-state index in [2.05, 4.69) is 43.4 Å². The molecule has 4 nitrogen and oxygen atoms in total. The van der Waals surface area contributed by atoms with E-state index in [1.807, 2.05) is 0 Å². The Balaban J connectivity index is 0.00000264. The molecule has 0 bridgehead atoms. The molecule has 1 saturated heterocycles. The fourth-order valence-corrected chi connectivity index (χ4v) is 2.72. The monoisotopic (exact) mass is 340 g/mol. The maximum Gasteiger partial charge on any atom is 0.222 e. The number of benzene rings is 1. The molecule has 0 radical (unpaired) electrons. The number of carbonyl (C=O) groups excluding carboxylic acids is 1. The molecule has 1 aliphatic rings. The molecule has 3 N–H and O–H groups in total. The van der Waals surface area contributed by atoms with Crippen molar-refractivity contribution in [2.75, 3.05) is 13.2 Å². The Morgan fingerprint density at radius 1 is 1.26 bits per heavy atom. The van der Waals surface area contributed by atoms with Crippen LogP contribution in [-0.4, -0.2) is 25.2 Å². The Morgan fingerprint density at radius 3 is 2.48 bits per heavy atom. The van der Waals surface area contributed by atoms with Gasteiger partial charge in [-0.1, -0.05) is 38.1 Å². The molecule has 5 heteroatoms. The summed E-state index contributed by atoms with van der Waals surface area (Å²) in [5.74, 6) is 0.543. The first-order valence-corrected chi connectivity index (χ1v) is 8.30. The molecule has 2 rings (SSSR count). The molecule has 2 unspecified atom stereocenters. The third kappa shape index (κ3) is 6.50. The standard InChI is InChI=1S/C18H28N2O2.ClH/c1-13(2)14-6-8-15(9-7-14)17(19)12-20-18(21)11-16-5-3-4-10-22-16;/h6-9,13,16-17H,3-5,10-12,19H2,1-2H3,(H,20,21);1H. The quantitative estimate of drug-likeness (QED) is 0.835. The number of rotatable bonds is 6. The average molecular weight is 341 g/mol. The highest BCUT2D eigenvalue weighted by Crippen LogP contribution is 2.18. The molecule has 0 saturated carbocycles. The van der Waals surface area contributed by atoms with Crippen LogP contribution in [0, 0.1) is 0 Å². The van der Waals surface area contributed by atoms with Crippen molar-refractivity contribution in [3.05, 3.63) is 35.4 Å². The van der Waals surface area contributed by atoms with Crippen LogP contribution in [0.3, 0.4) is 0 Å². The number of ether oxygens (including phenoxy) is 1. The zero-order chi connectivity index (χ0) is 15.9. The lowest BCUT2D eigenvalue weighted by molar-refractivity contribution is -0.124. The Kier molecular flexibility index (Phi) is 8.59. The van der Waals surface area contributed by atoms with Crippen molar-refractivity contribution in [1.82, 2.24) is 5.32 Å². The predicted octanol–water partition coefficient (Wildman–Crippen LogP) is 3.31. The van der Waals surface area contributed by atoms with Crippen LogP contribution in [0.5, 0.6) is 0 Å². The fraction of sp³-hybridized carbons (Fsp3) is 0.611. The minimum Gasteiger partial charge on any atom is -0.378 e. The molecule has 1 fully saturated rings. The Labute approximate surface area is 145 Å². The van der Waals surface area contributed by atoms with Crippen molar-refractivity contribution >= 4 is 18.3 Å². The maximum atomic E-state index is 11.9. The van der Waals surface area contributed by atoms with Crippen molar-refractivity contribution in [3.8, 4) is 0 Å². The summed E-state index contributed by atoms with van der Waals surface area (Å²) in [7, 11) is 0. The molecule has 2 atom stereocenters. The minimum atomic E-state index is -0.169. The van der Waals surface area contributed by atoms with Crippen LogP contribution in [0.4, 0.5) is 0 Å². The van der Waals surface area contributed by atoms with E-state index >= 15 is 0 Å². The summed E-state index contributed by atoms with van der Waals surface area (Å²) in [4.78, 5) is 11.9. The van der Waals surface area contributed by atoms with E-state index < -0.39 is 0 Å². The molecular formula is C18H29ClN2O2. The average Bonchev–Trinajstić information content (AvgIpc) is 2.53. The van der Waals surface area contributed by atoms with Crippen LogP contribution >= 0.6 is 12.4 Å². The van der Waals surface area contributed by atoms with Crippen molar-refractivity contribution in [3.63, 3.8) is 0 Å². The Bertz CT molecular complexity index is 470. The van der Waals surface area contributed by atoms with Crippen LogP contribution < -0.4 is 11.1 Å². The van der Waals surface area contributed by atoms with Gasteiger partial charge in [0.15, 0.2) is 0 Å². The summed E-state index contributed by atoms with van der Waals surface area (Å²) in [5, 5.41) is 2.92. The van der Waals surface area contributed by atoms with Gasteiger partial charge in [0.2, 0.25) is 5.91 Å². The second kappa shape index (κ2) is 9.91. The van der Waals surface area contributed by atoms with Crippen molar-refractivity contribution in [1.29, 1.82) is 0 Å². The van der Waals surface area contributed by atoms with Gasteiger partial charge >= 0.3 is 0 Å². The molecule has 130 valence electrons. The van der Waals surface area contributed by atoms with Gasteiger partial charge in [-0.2, -0.15) is 0 Å². The van der Waals surface area contributed by atoms with E-state index in [-0.39, 0.29) is 30.5 Å². The SMILES string of the molecule is CC(C)c1ccc(C(N)CNC(=O)CC2CCCCO2)cc1.Cl. The molecule has 1 amide bonds. The lowest BCUT2D eigenvalue weighted by atomic mass is 9.99. The van der Waals surface area contributed by atoms with Crippen LogP contribution in [0.1, 0.15) is 62.6 Å². The van der Waals surface area contributed by atoms with Crippen molar-refractivity contribution in [2.24, 2.45) is 5.73 Å². The number of hydrogen-bond acceptors (Lipinski definition) is 3. The number of nitrogens with two attached hydrogens (primary N) is 1. The first-order valence-electron chi connectivity index (χ1n) is 8.30. The van der Waals surface area contributed by atoms with Gasteiger partial charge in [0.05, 0.1) is 12.5 Å². The van der Waals surface area contributed by atoms with Crippen LogP contribution in [0.25, 0.3) is 0 Å². The van der Waals surface area contributed by atoms with Gasteiger partial charge in [-0.3, -0.25) is 4.79 Å². The van der Waals surface area contributed by atoms with Crippen molar-refractivity contribution in [2.45, 2.75) is 57.6 Å². The van der Waals surface area contributed by atoms with E-state index in [1.165, 1.54) is 5.56 Å². The lowest BCUT2D eigenvalue weighted by Crippen LogP contribution is -2.35. The van der Waals surface area contributed by atoms with E-state index in [1.54, 1.807) is 0 Å². The van der Waals surface area contributed by atoms with Gasteiger partial charge in [0, 0.05) is 19.2 Å². The maximum absolute atomic E-state index is 11.9. The topological polar surface area (TPSA) is 64.3 Å². The normalized spacial score (nSPS) is 19.0. The second-order valence-corrected chi connectivity index (χ2v) is 6.42. The second-order valence-electron chi connectivity index (χ2n) is 6.42.